The van der Waals surface area contributed by atoms with Gasteiger partial charge in [0, 0.05) is 11.6 Å². The minimum atomic E-state index is -0.437. The summed E-state index contributed by atoms with van der Waals surface area (Å²) in [5, 5.41) is 15.0. The fraction of sp³-hybridized carbons (Fsp3) is 0.846. The van der Waals surface area contributed by atoms with E-state index < -0.39 is 5.60 Å². The van der Waals surface area contributed by atoms with Gasteiger partial charge in [0.15, 0.2) is 5.78 Å². The summed E-state index contributed by atoms with van der Waals surface area (Å²) < 4.78 is 1.86. The fourth-order valence-electron chi connectivity index (χ4n) is 9.51. The third-order valence-corrected chi connectivity index (χ3v) is 10.9. The molecule has 1 aromatic heterocycles. The Hall–Kier alpha value is -1.16. The maximum absolute atomic E-state index is 13.6. The molecule has 30 heavy (non-hydrogen) atoms. The number of Topliss-reactive ketones (excluding diaryl/α,β-unsaturated/α-hetero) is 1. The van der Waals surface area contributed by atoms with E-state index in [2.05, 4.69) is 12.0 Å². The van der Waals surface area contributed by atoms with E-state index in [0.29, 0.717) is 18.2 Å². The lowest BCUT2D eigenvalue weighted by Gasteiger charge is -2.57. The van der Waals surface area contributed by atoms with Crippen LogP contribution in [0.4, 0.5) is 0 Å². The van der Waals surface area contributed by atoms with Gasteiger partial charge in [0.05, 0.1) is 11.8 Å². The van der Waals surface area contributed by atoms with Crippen LogP contribution in [0.25, 0.3) is 0 Å². The quantitative estimate of drug-likeness (QED) is 0.780. The van der Waals surface area contributed by atoms with E-state index in [1.807, 2.05) is 30.9 Å². The first-order valence-electron chi connectivity index (χ1n) is 12.5. The Morgan fingerprint density at radius 2 is 1.93 bits per heavy atom. The van der Waals surface area contributed by atoms with Crippen molar-refractivity contribution in [3.05, 3.63) is 18.0 Å². The van der Waals surface area contributed by atoms with Gasteiger partial charge in [-0.05, 0) is 118 Å². The highest BCUT2D eigenvalue weighted by molar-refractivity contribution is 5.89. The van der Waals surface area contributed by atoms with Crippen LogP contribution >= 0.6 is 0 Å². The van der Waals surface area contributed by atoms with Crippen LogP contribution in [0, 0.1) is 53.3 Å². The molecular formula is C26H38N2O2. The lowest BCUT2D eigenvalue weighted by Crippen LogP contribution is -2.52. The number of nitrogens with zero attached hydrogens (tertiary/aromatic N) is 2. The molecule has 5 fully saturated rings. The third-order valence-electron chi connectivity index (χ3n) is 10.9. The van der Waals surface area contributed by atoms with Crippen LogP contribution in [-0.4, -0.2) is 26.3 Å². The molecule has 5 saturated carbocycles. The molecule has 164 valence electrons. The molecular weight excluding hydrogens is 372 g/mol. The average Bonchev–Trinajstić information content (AvgIpc) is 3.20. The van der Waals surface area contributed by atoms with Crippen LogP contribution in [0.2, 0.25) is 0 Å². The van der Waals surface area contributed by atoms with Gasteiger partial charge in [-0.2, -0.15) is 5.10 Å². The zero-order valence-corrected chi connectivity index (χ0v) is 18.9. The summed E-state index contributed by atoms with van der Waals surface area (Å²) in [5.74, 6) is 5.04. The number of aromatic nitrogens is 2. The van der Waals surface area contributed by atoms with E-state index in [-0.39, 0.29) is 10.8 Å². The van der Waals surface area contributed by atoms with Crippen molar-refractivity contribution in [3.63, 3.8) is 0 Å². The minimum Gasteiger partial charge on any atom is -0.390 e. The summed E-state index contributed by atoms with van der Waals surface area (Å²) in [4.78, 5) is 13.6. The molecule has 5 aliphatic rings. The molecule has 6 rings (SSSR count). The summed E-state index contributed by atoms with van der Waals surface area (Å²) in [6, 6.07) is 0. The van der Waals surface area contributed by atoms with Gasteiger partial charge in [-0.15, -0.1) is 0 Å². The number of hydrogen-bond acceptors (Lipinski definition) is 3. The van der Waals surface area contributed by atoms with E-state index in [1.165, 1.54) is 38.5 Å². The highest BCUT2D eigenvalue weighted by atomic mass is 16.3. The van der Waals surface area contributed by atoms with Gasteiger partial charge < -0.3 is 5.11 Å². The molecule has 0 aliphatic heterocycles. The molecule has 0 amide bonds. The first-order valence-corrected chi connectivity index (χ1v) is 12.5. The number of carbonyl (C=O) groups excluding carboxylic acids is 1. The lowest BCUT2D eigenvalue weighted by molar-refractivity contribution is -0.139. The molecule has 1 heterocycles. The number of aryl methyl sites for hydroxylation is 1. The van der Waals surface area contributed by atoms with Crippen molar-refractivity contribution in [1.29, 1.82) is 0 Å². The van der Waals surface area contributed by atoms with E-state index in [4.69, 9.17) is 0 Å². The van der Waals surface area contributed by atoms with E-state index in [9.17, 15) is 9.90 Å². The van der Waals surface area contributed by atoms with Crippen LogP contribution in [0.15, 0.2) is 12.4 Å². The highest BCUT2D eigenvalue weighted by Gasteiger charge is 2.77. The molecule has 1 unspecified atom stereocenters. The Kier molecular flexibility index (Phi) is 4.04. The molecule has 1 aromatic rings. The molecule has 5 aliphatic carbocycles. The molecule has 4 nitrogen and oxygen atoms in total. The Bertz CT molecular complexity index is 874. The number of hydrogen-bond donors (Lipinski definition) is 1. The van der Waals surface area contributed by atoms with E-state index in [0.717, 1.165) is 54.4 Å². The van der Waals surface area contributed by atoms with Gasteiger partial charge >= 0.3 is 0 Å². The smallest absolute Gasteiger partial charge is 0.161 e. The number of rotatable bonds is 3. The summed E-state index contributed by atoms with van der Waals surface area (Å²) >= 11 is 0. The molecule has 4 heteroatoms. The topological polar surface area (TPSA) is 55.1 Å². The summed E-state index contributed by atoms with van der Waals surface area (Å²) in [5.41, 5.74) is 0.834. The Labute approximate surface area is 180 Å². The zero-order valence-electron chi connectivity index (χ0n) is 18.9. The molecule has 0 aromatic carbocycles. The predicted octanol–water partition coefficient (Wildman–Crippen LogP) is 4.78. The normalized spacial score (nSPS) is 51.5. The Morgan fingerprint density at radius 1 is 1.13 bits per heavy atom. The van der Waals surface area contributed by atoms with Gasteiger partial charge in [0.25, 0.3) is 0 Å². The first-order chi connectivity index (χ1) is 14.2. The summed E-state index contributed by atoms with van der Waals surface area (Å²) in [6.07, 6.45) is 14.7. The van der Waals surface area contributed by atoms with Crippen LogP contribution in [0.3, 0.4) is 0 Å². The van der Waals surface area contributed by atoms with Crippen LogP contribution in [0.1, 0.15) is 77.2 Å². The maximum atomic E-state index is 13.6. The fourth-order valence-corrected chi connectivity index (χ4v) is 9.51. The summed E-state index contributed by atoms with van der Waals surface area (Å²) in [7, 11) is 0. The third kappa shape index (κ3) is 2.55. The standard InChI is InChI=1S/C26H38N2O2/c1-16-13-27-28(14-16)15-23(29)26-12-18(26)10-22-21-5-4-17-11-24(2,30)8-6-19(17)20(21)7-9-25(22,26)3/h13-14,17-22,30H,4-12,15H2,1-3H3/t17-,18?,19+,20-,21-,22+,24-,25+,26-/m1/s1. The van der Waals surface area contributed by atoms with Crippen molar-refractivity contribution in [3.8, 4) is 0 Å². The van der Waals surface area contributed by atoms with E-state index >= 15 is 0 Å². The monoisotopic (exact) mass is 410 g/mol. The SMILES string of the molecule is Cc1cnn(CC(=O)[C@@]23CC2C[C@H]2[C@@H]4CC[C@@H]5C[C@](C)(O)CC[C@@H]5[C@H]4CC[C@@]23C)c1. The highest BCUT2D eigenvalue weighted by Crippen LogP contribution is 2.80. The van der Waals surface area contributed by atoms with Crippen molar-refractivity contribution >= 4 is 5.78 Å². The molecule has 0 spiro atoms. The second-order valence-electron chi connectivity index (χ2n) is 12.4. The van der Waals surface area contributed by atoms with Crippen molar-refractivity contribution in [2.75, 3.05) is 0 Å². The number of carbonyl (C=O) groups is 1. The van der Waals surface area contributed by atoms with Crippen molar-refractivity contribution in [1.82, 2.24) is 9.78 Å². The minimum absolute atomic E-state index is 0.0599. The van der Waals surface area contributed by atoms with Crippen molar-refractivity contribution < 1.29 is 9.90 Å². The van der Waals surface area contributed by atoms with Gasteiger partial charge in [0.1, 0.15) is 6.54 Å². The Balaban J connectivity index is 1.23. The van der Waals surface area contributed by atoms with Gasteiger partial charge in [-0.1, -0.05) is 6.92 Å². The van der Waals surface area contributed by atoms with Crippen LogP contribution in [0.5, 0.6) is 0 Å². The van der Waals surface area contributed by atoms with Gasteiger partial charge in [-0.25, -0.2) is 0 Å². The largest absolute Gasteiger partial charge is 0.390 e. The molecule has 0 bridgehead atoms. The molecule has 0 radical (unpaired) electrons. The first kappa shape index (κ1) is 19.5. The average molecular weight is 411 g/mol. The Morgan fingerprint density at radius 3 is 2.70 bits per heavy atom. The maximum Gasteiger partial charge on any atom is 0.161 e. The molecule has 9 atom stereocenters. The second-order valence-corrected chi connectivity index (χ2v) is 12.4. The predicted molar refractivity (Wildman–Crippen MR) is 116 cm³/mol. The second kappa shape index (κ2) is 6.21. The summed E-state index contributed by atoms with van der Waals surface area (Å²) in [6.45, 7) is 7.04. The van der Waals surface area contributed by atoms with Gasteiger partial charge in [-0.3, -0.25) is 9.48 Å². The van der Waals surface area contributed by atoms with Crippen LogP contribution < -0.4 is 0 Å². The van der Waals surface area contributed by atoms with Crippen LogP contribution in [-0.2, 0) is 11.3 Å². The van der Waals surface area contributed by atoms with Gasteiger partial charge in [0.2, 0.25) is 0 Å². The van der Waals surface area contributed by atoms with E-state index in [1.54, 1.807) is 0 Å². The van der Waals surface area contributed by atoms with Crippen molar-refractivity contribution in [2.45, 2.75) is 90.7 Å². The number of aliphatic hydroxyl groups is 1. The number of ketones is 1. The molecule has 1 N–H and O–H groups in total. The number of fused-ring (bicyclic) bond motifs is 7. The lowest BCUT2D eigenvalue weighted by atomic mass is 9.47. The van der Waals surface area contributed by atoms with Crippen molar-refractivity contribution in [2.24, 2.45) is 46.3 Å². The molecule has 0 saturated heterocycles. The zero-order chi connectivity index (χ0) is 20.9.